The average molecular weight is 278 g/mol. The van der Waals surface area contributed by atoms with Crippen molar-refractivity contribution in [1.82, 2.24) is 0 Å². The molecule has 1 aliphatic heterocycles. The number of rotatable bonds is 2. The number of halogens is 2. The molecule has 2 aromatic rings. The van der Waals surface area contributed by atoms with Crippen LogP contribution in [0.2, 0.25) is 5.02 Å². The van der Waals surface area contributed by atoms with Gasteiger partial charge in [-0.25, -0.2) is 4.39 Å². The topological polar surface area (TPSA) is 35.2 Å². The van der Waals surface area contributed by atoms with Gasteiger partial charge in [-0.2, -0.15) is 0 Å². The molecule has 3 rings (SSSR count). The van der Waals surface area contributed by atoms with E-state index in [0.29, 0.717) is 17.0 Å². The highest BCUT2D eigenvalue weighted by Gasteiger charge is 2.30. The van der Waals surface area contributed by atoms with E-state index in [9.17, 15) is 4.39 Å². The minimum Gasteiger partial charge on any atom is -0.488 e. The molecule has 0 spiro atoms. The van der Waals surface area contributed by atoms with Gasteiger partial charge in [0, 0.05) is 17.0 Å². The summed E-state index contributed by atoms with van der Waals surface area (Å²) in [6.07, 6.45) is 0.451. The first-order valence-corrected chi connectivity index (χ1v) is 6.48. The Hall–Kier alpha value is -1.58. The molecular weight excluding hydrogens is 265 g/mol. The van der Waals surface area contributed by atoms with Gasteiger partial charge in [0.15, 0.2) is 0 Å². The highest BCUT2D eigenvalue weighted by molar-refractivity contribution is 6.30. The van der Waals surface area contributed by atoms with Gasteiger partial charge in [0.25, 0.3) is 0 Å². The van der Waals surface area contributed by atoms with E-state index in [4.69, 9.17) is 22.1 Å². The predicted octanol–water partition coefficient (Wildman–Crippen LogP) is 3.48. The van der Waals surface area contributed by atoms with E-state index in [1.165, 1.54) is 6.07 Å². The second kappa shape index (κ2) is 4.83. The molecule has 0 radical (unpaired) electrons. The molecule has 2 atom stereocenters. The van der Waals surface area contributed by atoms with Gasteiger partial charge in [0.05, 0.1) is 6.04 Å². The van der Waals surface area contributed by atoms with Crippen molar-refractivity contribution in [2.45, 2.75) is 18.6 Å². The van der Waals surface area contributed by atoms with Crippen LogP contribution in [-0.4, -0.2) is 6.10 Å². The van der Waals surface area contributed by atoms with Crippen LogP contribution in [0.5, 0.6) is 5.75 Å². The third-order valence-corrected chi connectivity index (χ3v) is 3.63. The maximum Gasteiger partial charge on any atom is 0.129 e. The van der Waals surface area contributed by atoms with E-state index in [0.717, 1.165) is 11.3 Å². The zero-order valence-corrected chi connectivity index (χ0v) is 10.9. The van der Waals surface area contributed by atoms with Crippen molar-refractivity contribution in [1.29, 1.82) is 0 Å². The molecule has 98 valence electrons. The highest BCUT2D eigenvalue weighted by Crippen LogP contribution is 2.34. The van der Waals surface area contributed by atoms with Crippen molar-refractivity contribution >= 4 is 11.6 Å². The van der Waals surface area contributed by atoms with E-state index in [2.05, 4.69) is 0 Å². The summed E-state index contributed by atoms with van der Waals surface area (Å²) in [6.45, 7) is 0. The third kappa shape index (κ3) is 2.31. The Morgan fingerprint density at radius 3 is 2.79 bits per heavy atom. The molecule has 0 aromatic heterocycles. The maximum atomic E-state index is 13.9. The summed E-state index contributed by atoms with van der Waals surface area (Å²) >= 11 is 5.74. The lowest BCUT2D eigenvalue weighted by atomic mass is 9.98. The number of hydrogen-bond acceptors (Lipinski definition) is 2. The van der Waals surface area contributed by atoms with E-state index in [-0.39, 0.29) is 11.9 Å². The molecule has 0 aliphatic carbocycles. The standard InChI is InChI=1S/C15H13ClFNO/c16-10-5-6-11(12(17)8-10)15(18)14-7-9-3-1-2-4-13(9)19-14/h1-6,8,14-15H,7,18H2. The number of para-hydroxylation sites is 1. The van der Waals surface area contributed by atoms with Crippen molar-refractivity contribution in [3.63, 3.8) is 0 Å². The minimum atomic E-state index is -0.510. The molecule has 2 N–H and O–H groups in total. The molecule has 2 aromatic carbocycles. The lowest BCUT2D eigenvalue weighted by Gasteiger charge is -2.20. The molecular formula is C15H13ClFNO. The van der Waals surface area contributed by atoms with Crippen LogP contribution in [0.15, 0.2) is 42.5 Å². The maximum absolute atomic E-state index is 13.9. The second-order valence-corrected chi connectivity index (χ2v) is 5.10. The van der Waals surface area contributed by atoms with Gasteiger partial charge in [0.1, 0.15) is 17.7 Å². The summed E-state index contributed by atoms with van der Waals surface area (Å²) in [7, 11) is 0. The average Bonchev–Trinajstić information content (AvgIpc) is 2.81. The Bertz CT molecular complexity index is 592. The molecule has 19 heavy (non-hydrogen) atoms. The summed E-state index contributed by atoms with van der Waals surface area (Å²) < 4.78 is 19.6. The largest absolute Gasteiger partial charge is 0.488 e. The number of ether oxygens (including phenoxy) is 1. The van der Waals surface area contributed by atoms with Gasteiger partial charge >= 0.3 is 0 Å². The Balaban J connectivity index is 1.85. The van der Waals surface area contributed by atoms with Gasteiger partial charge in [-0.3, -0.25) is 0 Å². The Morgan fingerprint density at radius 2 is 2.05 bits per heavy atom. The lowest BCUT2D eigenvalue weighted by molar-refractivity contribution is 0.197. The zero-order valence-electron chi connectivity index (χ0n) is 10.1. The molecule has 0 bridgehead atoms. The van der Waals surface area contributed by atoms with Crippen LogP contribution in [0.25, 0.3) is 0 Å². The van der Waals surface area contributed by atoms with Crippen molar-refractivity contribution in [2.24, 2.45) is 5.73 Å². The molecule has 0 saturated heterocycles. The molecule has 0 fully saturated rings. The van der Waals surface area contributed by atoms with Crippen LogP contribution in [0.3, 0.4) is 0 Å². The highest BCUT2D eigenvalue weighted by atomic mass is 35.5. The van der Waals surface area contributed by atoms with Gasteiger partial charge in [-0.1, -0.05) is 35.9 Å². The lowest BCUT2D eigenvalue weighted by Crippen LogP contribution is -2.30. The third-order valence-electron chi connectivity index (χ3n) is 3.39. The number of nitrogens with two attached hydrogens (primary N) is 1. The SMILES string of the molecule is NC(c1ccc(Cl)cc1F)C1Cc2ccccc2O1. The van der Waals surface area contributed by atoms with Crippen LogP contribution in [0, 0.1) is 5.82 Å². The quantitative estimate of drug-likeness (QED) is 0.912. The summed E-state index contributed by atoms with van der Waals surface area (Å²) in [5.74, 6) is 0.442. The summed E-state index contributed by atoms with van der Waals surface area (Å²) in [5, 5.41) is 0.365. The molecule has 0 saturated carbocycles. The molecule has 1 aliphatic rings. The summed E-state index contributed by atoms with van der Waals surface area (Å²) in [6, 6.07) is 11.8. The molecule has 4 heteroatoms. The van der Waals surface area contributed by atoms with E-state index >= 15 is 0 Å². The molecule has 2 nitrogen and oxygen atoms in total. The molecule has 1 heterocycles. The number of fused-ring (bicyclic) bond motifs is 1. The van der Waals surface area contributed by atoms with Crippen molar-refractivity contribution in [3.8, 4) is 5.75 Å². The van der Waals surface area contributed by atoms with Gasteiger partial charge in [-0.15, -0.1) is 0 Å². The monoisotopic (exact) mass is 277 g/mol. The van der Waals surface area contributed by atoms with Crippen LogP contribution in [0.4, 0.5) is 4.39 Å². The van der Waals surface area contributed by atoms with E-state index in [1.54, 1.807) is 12.1 Å². The van der Waals surface area contributed by atoms with E-state index in [1.807, 2.05) is 24.3 Å². The Labute approximate surface area is 115 Å². The second-order valence-electron chi connectivity index (χ2n) is 4.66. The van der Waals surface area contributed by atoms with E-state index < -0.39 is 6.04 Å². The number of benzene rings is 2. The fourth-order valence-electron chi connectivity index (χ4n) is 2.38. The fourth-order valence-corrected chi connectivity index (χ4v) is 2.54. The van der Waals surface area contributed by atoms with Gasteiger partial charge in [0.2, 0.25) is 0 Å². The first kappa shape index (κ1) is 12.5. The minimum absolute atomic E-state index is 0.243. The molecule has 2 unspecified atom stereocenters. The molecule has 0 amide bonds. The smallest absolute Gasteiger partial charge is 0.129 e. The number of hydrogen-bond donors (Lipinski definition) is 1. The zero-order chi connectivity index (χ0) is 13.4. The van der Waals surface area contributed by atoms with Gasteiger partial charge < -0.3 is 10.5 Å². The van der Waals surface area contributed by atoms with Crippen LogP contribution >= 0.6 is 11.6 Å². The first-order chi connectivity index (χ1) is 9.15. The van der Waals surface area contributed by atoms with Crippen LogP contribution in [0.1, 0.15) is 17.2 Å². The first-order valence-electron chi connectivity index (χ1n) is 6.10. The van der Waals surface area contributed by atoms with Crippen LogP contribution in [-0.2, 0) is 6.42 Å². The van der Waals surface area contributed by atoms with Crippen molar-refractivity contribution < 1.29 is 9.13 Å². The Morgan fingerprint density at radius 1 is 1.26 bits per heavy atom. The predicted molar refractivity (Wildman–Crippen MR) is 72.9 cm³/mol. The normalized spacial score (nSPS) is 18.8. The Kier molecular flexibility index (Phi) is 3.17. The van der Waals surface area contributed by atoms with Gasteiger partial charge in [-0.05, 0) is 23.8 Å². The van der Waals surface area contributed by atoms with Crippen LogP contribution < -0.4 is 10.5 Å². The fraction of sp³-hybridized carbons (Fsp3) is 0.200. The summed E-state index contributed by atoms with van der Waals surface area (Å²) in [5.41, 5.74) is 7.66. The van der Waals surface area contributed by atoms with Crippen molar-refractivity contribution in [2.75, 3.05) is 0 Å². The van der Waals surface area contributed by atoms with Crippen molar-refractivity contribution in [3.05, 3.63) is 64.4 Å². The summed E-state index contributed by atoms with van der Waals surface area (Å²) in [4.78, 5) is 0.